The van der Waals surface area contributed by atoms with Crippen molar-refractivity contribution in [1.82, 2.24) is 5.32 Å². The number of carbonyl (C=O) groups is 2. The molecule has 0 atom stereocenters. The molecule has 5 heteroatoms. The fraction of sp³-hybridized carbons (Fsp3) is 0.517. The molecule has 0 heterocycles. The maximum atomic E-state index is 12.8. The van der Waals surface area contributed by atoms with Gasteiger partial charge in [0.05, 0.1) is 6.61 Å². The van der Waals surface area contributed by atoms with Crippen LogP contribution in [0, 0.1) is 5.41 Å². The van der Waals surface area contributed by atoms with E-state index in [1.54, 1.807) is 0 Å². The molecule has 2 bridgehead atoms. The third-order valence-electron chi connectivity index (χ3n) is 8.09. The molecule has 0 spiro atoms. The fourth-order valence-electron chi connectivity index (χ4n) is 5.59. The van der Waals surface area contributed by atoms with Crippen molar-refractivity contribution >= 4 is 11.9 Å². The molecule has 3 saturated carbocycles. The summed E-state index contributed by atoms with van der Waals surface area (Å²) in [6, 6.07) is 16.0. The van der Waals surface area contributed by atoms with Crippen LogP contribution in [0.25, 0.3) is 0 Å². The monoisotopic (exact) mass is 463 g/mol. The minimum atomic E-state index is -0.758. The molecule has 0 aliphatic heterocycles. The van der Waals surface area contributed by atoms with E-state index in [2.05, 4.69) is 24.4 Å². The van der Waals surface area contributed by atoms with E-state index in [0.29, 0.717) is 36.0 Å². The summed E-state index contributed by atoms with van der Waals surface area (Å²) in [6.45, 7) is 3.38. The summed E-state index contributed by atoms with van der Waals surface area (Å²) in [4.78, 5) is 23.4. The van der Waals surface area contributed by atoms with E-state index in [0.717, 1.165) is 24.2 Å². The Morgan fingerprint density at radius 3 is 2.26 bits per heavy atom. The van der Waals surface area contributed by atoms with E-state index in [-0.39, 0.29) is 12.3 Å². The highest BCUT2D eigenvalue weighted by Crippen LogP contribution is 2.57. The number of hydrogen-bond acceptors (Lipinski definition) is 3. The van der Waals surface area contributed by atoms with Gasteiger partial charge in [-0.15, -0.1) is 0 Å². The number of nitrogens with one attached hydrogen (secondary N) is 1. The molecule has 34 heavy (non-hydrogen) atoms. The molecule has 2 aromatic rings. The predicted octanol–water partition coefficient (Wildman–Crippen LogP) is 6.25. The van der Waals surface area contributed by atoms with Crippen LogP contribution in [0.3, 0.4) is 0 Å². The summed E-state index contributed by atoms with van der Waals surface area (Å²) in [5.74, 6) is -0.0728. The van der Waals surface area contributed by atoms with Gasteiger partial charge in [0.2, 0.25) is 0 Å². The lowest BCUT2D eigenvalue weighted by molar-refractivity contribution is -0.137. The lowest BCUT2D eigenvalue weighted by Crippen LogP contribution is -2.42. The van der Waals surface area contributed by atoms with Crippen LogP contribution in [0.15, 0.2) is 48.5 Å². The number of unbranched alkanes of at least 4 members (excludes halogenated alkanes) is 2. The van der Waals surface area contributed by atoms with Crippen molar-refractivity contribution in [2.45, 2.75) is 83.1 Å². The number of benzene rings is 2. The lowest BCUT2D eigenvalue weighted by Gasteiger charge is -2.52. The van der Waals surface area contributed by atoms with E-state index >= 15 is 0 Å². The number of amides is 1. The Morgan fingerprint density at radius 1 is 0.912 bits per heavy atom. The van der Waals surface area contributed by atoms with Gasteiger partial charge in [-0.05, 0) is 92.4 Å². The first-order valence-electron chi connectivity index (χ1n) is 12.7. The average molecular weight is 464 g/mol. The van der Waals surface area contributed by atoms with E-state index in [1.807, 2.05) is 36.4 Å². The van der Waals surface area contributed by atoms with Crippen molar-refractivity contribution < 1.29 is 19.4 Å². The van der Waals surface area contributed by atoms with Crippen LogP contribution in [0.5, 0.6) is 5.75 Å². The van der Waals surface area contributed by atoms with Gasteiger partial charge in [-0.25, -0.2) is 0 Å². The largest absolute Gasteiger partial charge is 0.493 e. The van der Waals surface area contributed by atoms with Crippen LogP contribution < -0.4 is 10.1 Å². The topological polar surface area (TPSA) is 75.6 Å². The molecular weight excluding hydrogens is 426 g/mol. The molecule has 5 rings (SSSR count). The number of carboxylic acid groups (broad SMARTS) is 1. The molecule has 3 aliphatic carbocycles. The van der Waals surface area contributed by atoms with E-state index < -0.39 is 5.97 Å². The van der Waals surface area contributed by atoms with Gasteiger partial charge in [-0.3, -0.25) is 9.59 Å². The zero-order valence-corrected chi connectivity index (χ0v) is 20.3. The normalized spacial score (nSPS) is 23.4. The molecule has 3 fully saturated rings. The minimum Gasteiger partial charge on any atom is -0.493 e. The Bertz CT molecular complexity index is 973. The van der Waals surface area contributed by atoms with Crippen molar-refractivity contribution in [3.8, 4) is 5.75 Å². The van der Waals surface area contributed by atoms with Crippen LogP contribution in [0.2, 0.25) is 0 Å². The van der Waals surface area contributed by atoms with Crippen LogP contribution in [0.4, 0.5) is 0 Å². The highest BCUT2D eigenvalue weighted by molar-refractivity contribution is 5.94. The molecule has 3 aliphatic rings. The molecule has 182 valence electrons. The number of hydrogen-bond donors (Lipinski definition) is 2. The number of rotatable bonds is 11. The summed E-state index contributed by atoms with van der Waals surface area (Å²) in [5.41, 5.74) is 3.89. The van der Waals surface area contributed by atoms with Crippen LogP contribution >= 0.6 is 0 Å². The first kappa shape index (κ1) is 24.3. The van der Waals surface area contributed by atoms with Crippen molar-refractivity contribution in [1.29, 1.82) is 0 Å². The Balaban J connectivity index is 1.28. The fourth-order valence-corrected chi connectivity index (χ4v) is 5.59. The Hall–Kier alpha value is -2.82. The summed E-state index contributed by atoms with van der Waals surface area (Å²) < 4.78 is 5.90. The van der Waals surface area contributed by atoms with E-state index in [4.69, 9.17) is 9.84 Å². The minimum absolute atomic E-state index is 0.0765. The van der Waals surface area contributed by atoms with Gasteiger partial charge in [0.15, 0.2) is 0 Å². The van der Waals surface area contributed by atoms with Gasteiger partial charge in [0, 0.05) is 24.1 Å². The third-order valence-corrected chi connectivity index (χ3v) is 8.09. The summed E-state index contributed by atoms with van der Waals surface area (Å²) >= 11 is 0. The molecule has 2 N–H and O–H groups in total. The molecule has 0 radical (unpaired) electrons. The standard InChI is InChI=1S/C29H37NO4/c1-28-14-17-29(18-15-28,19-16-28)24-12-10-22(11-13-24)27(33)30-21-23-7-4-5-8-25(23)34-20-6-2-3-9-26(31)32/h4-5,7-8,10-13H,2-3,6,9,14-21H2,1H3,(H,30,33)(H,31,32). The Kier molecular flexibility index (Phi) is 7.60. The molecule has 2 aromatic carbocycles. The highest BCUT2D eigenvalue weighted by atomic mass is 16.5. The zero-order chi connectivity index (χ0) is 24.0. The van der Waals surface area contributed by atoms with Gasteiger partial charge in [-0.2, -0.15) is 0 Å². The summed E-state index contributed by atoms with van der Waals surface area (Å²) in [6.07, 6.45) is 10.3. The number of aliphatic carboxylic acids is 1. The van der Waals surface area contributed by atoms with Gasteiger partial charge >= 0.3 is 5.97 Å². The SMILES string of the molecule is CC12CCC(c3ccc(C(=O)NCc4ccccc4OCCCCCC(=O)O)cc3)(CC1)CC2. The molecule has 0 aromatic heterocycles. The van der Waals surface area contributed by atoms with Crippen LogP contribution in [-0.2, 0) is 16.8 Å². The van der Waals surface area contributed by atoms with Crippen molar-refractivity contribution in [2.75, 3.05) is 6.61 Å². The molecule has 0 unspecified atom stereocenters. The number of fused-ring (bicyclic) bond motifs is 3. The second-order valence-electron chi connectivity index (χ2n) is 10.5. The number of carboxylic acids is 1. The molecular formula is C29H37NO4. The molecule has 5 nitrogen and oxygen atoms in total. The smallest absolute Gasteiger partial charge is 0.303 e. The maximum absolute atomic E-state index is 12.8. The van der Waals surface area contributed by atoms with Gasteiger partial charge < -0.3 is 15.2 Å². The zero-order valence-electron chi connectivity index (χ0n) is 20.3. The second kappa shape index (κ2) is 10.6. The van der Waals surface area contributed by atoms with Gasteiger partial charge in [0.25, 0.3) is 5.91 Å². The predicted molar refractivity (Wildman–Crippen MR) is 133 cm³/mol. The maximum Gasteiger partial charge on any atom is 0.303 e. The van der Waals surface area contributed by atoms with Crippen LogP contribution in [0.1, 0.15) is 92.6 Å². The summed E-state index contributed by atoms with van der Waals surface area (Å²) in [5, 5.41) is 11.7. The quantitative estimate of drug-likeness (QED) is 0.386. The van der Waals surface area contributed by atoms with Gasteiger partial charge in [-0.1, -0.05) is 37.3 Å². The second-order valence-corrected chi connectivity index (χ2v) is 10.5. The highest BCUT2D eigenvalue weighted by Gasteiger charge is 2.46. The first-order valence-corrected chi connectivity index (χ1v) is 12.7. The van der Waals surface area contributed by atoms with E-state index in [9.17, 15) is 9.59 Å². The number of carbonyl (C=O) groups excluding carboxylic acids is 1. The number of para-hydroxylation sites is 1. The Labute approximate surface area is 202 Å². The van der Waals surface area contributed by atoms with Gasteiger partial charge in [0.1, 0.15) is 5.75 Å². The van der Waals surface area contributed by atoms with E-state index in [1.165, 1.54) is 44.1 Å². The molecule has 0 saturated heterocycles. The number of ether oxygens (including phenoxy) is 1. The lowest BCUT2D eigenvalue weighted by atomic mass is 9.52. The van der Waals surface area contributed by atoms with Crippen molar-refractivity contribution in [3.05, 3.63) is 65.2 Å². The first-order chi connectivity index (χ1) is 16.4. The van der Waals surface area contributed by atoms with Crippen molar-refractivity contribution in [3.63, 3.8) is 0 Å². The molecule has 1 amide bonds. The van der Waals surface area contributed by atoms with Crippen molar-refractivity contribution in [2.24, 2.45) is 5.41 Å². The summed E-state index contributed by atoms with van der Waals surface area (Å²) in [7, 11) is 0. The Morgan fingerprint density at radius 2 is 1.59 bits per heavy atom. The average Bonchev–Trinajstić information content (AvgIpc) is 2.86. The third kappa shape index (κ3) is 5.81. The van der Waals surface area contributed by atoms with Crippen LogP contribution in [-0.4, -0.2) is 23.6 Å².